The summed E-state index contributed by atoms with van der Waals surface area (Å²) >= 11 is 0. The Labute approximate surface area is 431 Å². The average Bonchev–Trinajstić information content (AvgIpc) is 3.37. The summed E-state index contributed by atoms with van der Waals surface area (Å²) in [5, 5.41) is 56.7. The number of rotatable bonds is 45. The van der Waals surface area contributed by atoms with Crippen LogP contribution in [0.2, 0.25) is 0 Å². The van der Waals surface area contributed by atoms with Crippen LogP contribution in [0.15, 0.2) is 97.2 Å². The van der Waals surface area contributed by atoms with Gasteiger partial charge in [-0.25, -0.2) is 0 Å². The van der Waals surface area contributed by atoms with Crippen LogP contribution in [-0.2, 0) is 23.8 Å². The monoisotopic (exact) mass is 996 g/mol. The number of unbranched alkanes of at least 4 members (excludes halogenated alkanes) is 17. The van der Waals surface area contributed by atoms with E-state index in [1.807, 2.05) is 18.2 Å². The Balaban J connectivity index is 2.80. The van der Waals surface area contributed by atoms with E-state index in [1.54, 1.807) is 6.08 Å². The summed E-state index contributed by atoms with van der Waals surface area (Å²) < 4.78 is 17.5. The molecule has 6 N–H and O–H groups in total. The summed E-state index contributed by atoms with van der Waals surface area (Å²) in [5.74, 6) is -1.29. The molecule has 1 rings (SSSR count). The van der Waals surface area contributed by atoms with Gasteiger partial charge in [-0.05, 0) is 96.3 Å². The number of hydrogen-bond acceptors (Lipinski definition) is 10. The smallest absolute Gasteiger partial charge is 0.306 e. The lowest BCUT2D eigenvalue weighted by molar-refractivity contribution is -0.305. The van der Waals surface area contributed by atoms with Crippen LogP contribution in [0.3, 0.4) is 0 Å². The molecule has 0 spiro atoms. The first-order valence-electron chi connectivity index (χ1n) is 28.0. The van der Waals surface area contributed by atoms with E-state index in [-0.39, 0.29) is 19.4 Å². The fraction of sp³-hybridized carbons (Fsp3) is 0.700. The molecule has 0 aromatic rings. The van der Waals surface area contributed by atoms with Gasteiger partial charge in [-0.1, -0.05) is 201 Å². The zero-order valence-electron chi connectivity index (χ0n) is 44.6. The van der Waals surface area contributed by atoms with Crippen molar-refractivity contribution in [2.24, 2.45) is 0 Å². The quantitative estimate of drug-likeness (QED) is 0.0196. The number of aliphatic hydroxyl groups excluding tert-OH is 5. The predicted molar refractivity (Wildman–Crippen MR) is 292 cm³/mol. The molecule has 0 aromatic carbocycles. The van der Waals surface area contributed by atoms with Crippen molar-refractivity contribution in [3.8, 4) is 0 Å². The van der Waals surface area contributed by atoms with Gasteiger partial charge in [0, 0.05) is 6.42 Å². The highest BCUT2D eigenvalue weighted by atomic mass is 16.7. The second kappa shape index (κ2) is 47.6. The van der Waals surface area contributed by atoms with Gasteiger partial charge in [0.1, 0.15) is 24.4 Å². The number of amides is 1. The molecule has 8 unspecified atom stereocenters. The third-order valence-corrected chi connectivity index (χ3v) is 12.5. The maximum Gasteiger partial charge on any atom is 0.306 e. The van der Waals surface area contributed by atoms with Crippen LogP contribution < -0.4 is 5.32 Å². The number of carbonyl (C=O) groups is 2. The minimum atomic E-state index is -1.64. The summed E-state index contributed by atoms with van der Waals surface area (Å²) in [6.07, 6.45) is 51.7. The van der Waals surface area contributed by atoms with E-state index in [4.69, 9.17) is 14.2 Å². The lowest BCUT2D eigenvalue weighted by Gasteiger charge is -2.41. The lowest BCUT2D eigenvalue weighted by atomic mass is 9.99. The van der Waals surface area contributed by atoms with E-state index in [9.17, 15) is 35.1 Å². The Morgan fingerprint density at radius 1 is 0.563 bits per heavy atom. The highest BCUT2D eigenvalue weighted by Gasteiger charge is 2.47. The SMILES string of the molecule is CC/C=C/C/C=C/C/C=C/CCCCCC(O)C(=O)NC(COC1OC(CO)C(O)C(O)C1OC(=O)CCC/C=C\C/C=C\C/C=C\C/C=C\CCCCC)C(O)/C=C/CCCCCCCCCCCC. The van der Waals surface area contributed by atoms with Crippen LogP contribution in [0.4, 0.5) is 0 Å². The molecule has 0 saturated carbocycles. The molecular formula is C60H101NO10. The Morgan fingerprint density at radius 3 is 1.55 bits per heavy atom. The highest BCUT2D eigenvalue weighted by Crippen LogP contribution is 2.26. The van der Waals surface area contributed by atoms with Crippen molar-refractivity contribution in [3.63, 3.8) is 0 Å². The number of hydrogen-bond donors (Lipinski definition) is 6. The standard InChI is InChI=1S/C60H101NO10/c1-4-7-10-13-16-19-22-25-26-27-28-30-33-36-39-42-45-48-55(65)71-58-57(67)56(66)54(49-62)70-60(58)69-50-51(52(63)46-43-40-37-34-31-24-21-18-15-12-9-6-3)61-59(68)53(64)47-44-41-38-35-32-29-23-20-17-14-11-8-5-2/h8,11,16-17,19-20,25-26,28-30,32,36,39,43,46,51-54,56-58,60,62-64,66-67H,4-7,9-10,12-15,18,21-24,27,31,33-35,37-38,40-42,44-45,47-50H2,1-3H3,(H,61,68)/b11-8+,19-16-,20-17+,26-25-,30-28-,32-29+,39-36-,46-43+. The lowest BCUT2D eigenvalue weighted by Crippen LogP contribution is -2.61. The van der Waals surface area contributed by atoms with Crippen molar-refractivity contribution in [2.45, 2.75) is 256 Å². The third kappa shape index (κ3) is 36.2. The number of allylic oxidation sites excluding steroid dienone is 15. The van der Waals surface area contributed by atoms with Gasteiger partial charge in [-0.3, -0.25) is 9.59 Å². The maximum atomic E-state index is 13.3. The molecule has 406 valence electrons. The zero-order valence-corrected chi connectivity index (χ0v) is 44.6. The van der Waals surface area contributed by atoms with Gasteiger partial charge >= 0.3 is 5.97 Å². The van der Waals surface area contributed by atoms with Crippen LogP contribution in [0.1, 0.15) is 207 Å². The van der Waals surface area contributed by atoms with Gasteiger partial charge in [-0.2, -0.15) is 0 Å². The summed E-state index contributed by atoms with van der Waals surface area (Å²) in [7, 11) is 0. The van der Waals surface area contributed by atoms with Gasteiger partial charge in [0.15, 0.2) is 12.4 Å². The minimum Gasteiger partial charge on any atom is -0.454 e. The van der Waals surface area contributed by atoms with Crippen molar-refractivity contribution >= 4 is 11.9 Å². The molecule has 8 atom stereocenters. The Hall–Kier alpha value is -3.42. The summed E-state index contributed by atoms with van der Waals surface area (Å²) in [6.45, 7) is 5.57. The van der Waals surface area contributed by atoms with Gasteiger partial charge in [0.05, 0.1) is 25.4 Å². The van der Waals surface area contributed by atoms with Crippen molar-refractivity contribution in [1.82, 2.24) is 5.32 Å². The second-order valence-corrected chi connectivity index (χ2v) is 18.9. The van der Waals surface area contributed by atoms with E-state index in [1.165, 1.54) is 64.2 Å². The molecule has 1 aliphatic rings. The molecule has 71 heavy (non-hydrogen) atoms. The fourth-order valence-electron chi connectivity index (χ4n) is 8.01. The van der Waals surface area contributed by atoms with E-state index in [0.717, 1.165) is 89.9 Å². The molecule has 0 bridgehead atoms. The number of ether oxygens (including phenoxy) is 3. The van der Waals surface area contributed by atoms with Crippen LogP contribution in [0, 0.1) is 0 Å². The Kier molecular flexibility index (Phi) is 44.0. The zero-order chi connectivity index (χ0) is 51.8. The molecule has 11 nitrogen and oxygen atoms in total. The molecule has 1 fully saturated rings. The highest BCUT2D eigenvalue weighted by molar-refractivity contribution is 5.80. The normalized spacial score (nSPS) is 20.4. The first-order valence-corrected chi connectivity index (χ1v) is 28.0. The van der Waals surface area contributed by atoms with Gasteiger partial charge in [0.2, 0.25) is 5.91 Å². The number of aliphatic hydroxyl groups is 5. The van der Waals surface area contributed by atoms with Crippen molar-refractivity contribution < 1.29 is 49.3 Å². The third-order valence-electron chi connectivity index (χ3n) is 12.5. The van der Waals surface area contributed by atoms with E-state index >= 15 is 0 Å². The Bertz CT molecular complexity index is 1520. The summed E-state index contributed by atoms with van der Waals surface area (Å²) in [6, 6.07) is -1.05. The largest absolute Gasteiger partial charge is 0.454 e. The molecule has 1 saturated heterocycles. The first kappa shape index (κ1) is 65.6. The molecule has 0 aromatic heterocycles. The average molecular weight is 996 g/mol. The van der Waals surface area contributed by atoms with E-state index in [0.29, 0.717) is 19.3 Å². The second-order valence-electron chi connectivity index (χ2n) is 18.9. The summed E-state index contributed by atoms with van der Waals surface area (Å²) in [4.78, 5) is 26.4. The van der Waals surface area contributed by atoms with Crippen LogP contribution >= 0.6 is 0 Å². The molecule has 1 aliphatic heterocycles. The topological polar surface area (TPSA) is 175 Å². The van der Waals surface area contributed by atoms with Gasteiger partial charge in [0.25, 0.3) is 0 Å². The number of carbonyl (C=O) groups excluding carboxylic acids is 2. The predicted octanol–water partition coefficient (Wildman–Crippen LogP) is 12.4. The van der Waals surface area contributed by atoms with Crippen LogP contribution in [0.5, 0.6) is 0 Å². The summed E-state index contributed by atoms with van der Waals surface area (Å²) in [5.41, 5.74) is 0. The Morgan fingerprint density at radius 2 is 1.01 bits per heavy atom. The number of esters is 1. The van der Waals surface area contributed by atoms with Crippen molar-refractivity contribution in [2.75, 3.05) is 13.2 Å². The van der Waals surface area contributed by atoms with E-state index < -0.39 is 67.4 Å². The molecular weight excluding hydrogens is 895 g/mol. The molecule has 0 radical (unpaired) electrons. The molecule has 0 aliphatic carbocycles. The van der Waals surface area contributed by atoms with Crippen molar-refractivity contribution in [1.29, 1.82) is 0 Å². The van der Waals surface area contributed by atoms with Gasteiger partial charge < -0.3 is 45.1 Å². The molecule has 1 heterocycles. The van der Waals surface area contributed by atoms with Crippen LogP contribution in [0.25, 0.3) is 0 Å². The van der Waals surface area contributed by atoms with Gasteiger partial charge in [-0.15, -0.1) is 0 Å². The van der Waals surface area contributed by atoms with Crippen LogP contribution in [-0.4, -0.2) is 99.6 Å². The maximum absolute atomic E-state index is 13.3. The molecule has 11 heteroatoms. The fourth-order valence-corrected chi connectivity index (χ4v) is 8.01. The number of nitrogens with one attached hydrogen (secondary N) is 1. The molecule has 1 amide bonds. The van der Waals surface area contributed by atoms with Crippen molar-refractivity contribution in [3.05, 3.63) is 97.2 Å². The first-order chi connectivity index (χ1) is 34.7. The minimum absolute atomic E-state index is 0.0400. The van der Waals surface area contributed by atoms with E-state index in [2.05, 4.69) is 99.0 Å².